The van der Waals surface area contributed by atoms with E-state index in [4.69, 9.17) is 0 Å². The molecule has 0 atom stereocenters. The van der Waals surface area contributed by atoms with E-state index in [9.17, 15) is 0 Å². The highest BCUT2D eigenvalue weighted by molar-refractivity contribution is 6.11. The van der Waals surface area contributed by atoms with Crippen LogP contribution in [0.4, 0.5) is 17.1 Å². The van der Waals surface area contributed by atoms with Crippen molar-refractivity contribution in [1.29, 1.82) is 0 Å². The minimum absolute atomic E-state index is 0.0377. The van der Waals surface area contributed by atoms with Gasteiger partial charge in [0, 0.05) is 44.4 Å². The van der Waals surface area contributed by atoms with Gasteiger partial charge in [0.25, 0.3) is 0 Å². The fraction of sp³-hybridized carbons (Fsp3) is 0.133. The Bertz CT molecular complexity index is 3230. The summed E-state index contributed by atoms with van der Waals surface area (Å²) in [5.41, 5.74) is 23.0. The monoisotopic (exact) mass is 796 g/mol. The molecule has 0 fully saturated rings. The van der Waals surface area contributed by atoms with E-state index in [1.807, 2.05) is 0 Å². The third kappa shape index (κ3) is 5.49. The number of allylic oxidation sites excluding steroid dienone is 4. The number of anilines is 3. The van der Waals surface area contributed by atoms with Crippen molar-refractivity contribution in [3.8, 4) is 39.1 Å². The molecule has 62 heavy (non-hydrogen) atoms. The number of benzene rings is 8. The van der Waals surface area contributed by atoms with Crippen LogP contribution in [0.2, 0.25) is 0 Å². The summed E-state index contributed by atoms with van der Waals surface area (Å²) in [6, 6.07) is 67.8. The average Bonchev–Trinajstić information content (AvgIpc) is 3.85. The van der Waals surface area contributed by atoms with Crippen LogP contribution in [-0.4, -0.2) is 4.57 Å². The Morgan fingerprint density at radius 2 is 0.952 bits per heavy atom. The van der Waals surface area contributed by atoms with Crippen molar-refractivity contribution in [2.45, 2.75) is 51.4 Å². The quantitative estimate of drug-likeness (QED) is 0.163. The van der Waals surface area contributed by atoms with E-state index in [1.165, 1.54) is 106 Å². The minimum atomic E-state index is -0.228. The molecule has 0 aliphatic heterocycles. The second kappa shape index (κ2) is 13.7. The first-order valence-corrected chi connectivity index (χ1v) is 22.1. The maximum atomic E-state index is 2.48. The van der Waals surface area contributed by atoms with E-state index in [1.54, 1.807) is 0 Å². The molecule has 9 aromatic rings. The van der Waals surface area contributed by atoms with Crippen LogP contribution in [0.3, 0.4) is 0 Å². The molecule has 8 aromatic carbocycles. The van der Waals surface area contributed by atoms with Gasteiger partial charge in [0.15, 0.2) is 0 Å². The van der Waals surface area contributed by atoms with Crippen molar-refractivity contribution in [1.82, 2.24) is 4.57 Å². The van der Waals surface area contributed by atoms with Gasteiger partial charge < -0.3 is 9.47 Å². The zero-order valence-electron chi connectivity index (χ0n) is 35.8. The summed E-state index contributed by atoms with van der Waals surface area (Å²) in [7, 11) is 0. The third-order valence-electron chi connectivity index (χ3n) is 14.3. The number of fused-ring (bicyclic) bond motifs is 8. The molecule has 3 aliphatic carbocycles. The Balaban J connectivity index is 0.977. The van der Waals surface area contributed by atoms with Gasteiger partial charge in [-0.25, -0.2) is 0 Å². The Labute approximate surface area is 364 Å². The molecule has 0 saturated heterocycles. The Hall–Kier alpha value is -7.16. The lowest BCUT2D eigenvalue weighted by Crippen LogP contribution is -2.18. The number of rotatable bonds is 6. The summed E-state index contributed by atoms with van der Waals surface area (Å²) in [6.07, 6.45) is 6.96. The summed E-state index contributed by atoms with van der Waals surface area (Å²) >= 11 is 0. The van der Waals surface area contributed by atoms with E-state index in [2.05, 4.69) is 231 Å². The van der Waals surface area contributed by atoms with Crippen LogP contribution >= 0.6 is 0 Å². The molecule has 12 rings (SSSR count). The van der Waals surface area contributed by atoms with E-state index >= 15 is 0 Å². The highest BCUT2D eigenvalue weighted by atomic mass is 15.1. The summed E-state index contributed by atoms with van der Waals surface area (Å²) in [4.78, 5) is 2.46. The first-order valence-electron chi connectivity index (χ1n) is 22.1. The number of aromatic nitrogens is 1. The molecule has 1 aromatic heterocycles. The third-order valence-corrected chi connectivity index (χ3v) is 14.3. The average molecular weight is 797 g/mol. The maximum absolute atomic E-state index is 2.48. The van der Waals surface area contributed by atoms with Crippen molar-refractivity contribution in [3.05, 3.63) is 222 Å². The van der Waals surface area contributed by atoms with E-state index in [-0.39, 0.29) is 10.8 Å². The van der Waals surface area contributed by atoms with E-state index < -0.39 is 0 Å². The highest BCUT2D eigenvalue weighted by Crippen LogP contribution is 2.54. The molecule has 0 unspecified atom stereocenters. The Kier molecular flexibility index (Phi) is 8.09. The molecule has 0 N–H and O–H groups in total. The van der Waals surface area contributed by atoms with Crippen LogP contribution < -0.4 is 4.90 Å². The van der Waals surface area contributed by atoms with Gasteiger partial charge >= 0.3 is 0 Å². The van der Waals surface area contributed by atoms with Crippen molar-refractivity contribution in [3.63, 3.8) is 0 Å². The topological polar surface area (TPSA) is 8.17 Å². The predicted molar refractivity (Wildman–Crippen MR) is 262 cm³/mol. The van der Waals surface area contributed by atoms with Crippen LogP contribution in [0.25, 0.3) is 66.4 Å². The molecule has 0 spiro atoms. The molecule has 298 valence electrons. The van der Waals surface area contributed by atoms with Gasteiger partial charge in [-0.05, 0) is 152 Å². The van der Waals surface area contributed by atoms with Gasteiger partial charge in [-0.15, -0.1) is 0 Å². The zero-order valence-corrected chi connectivity index (χ0v) is 35.8. The predicted octanol–water partition coefficient (Wildman–Crippen LogP) is 16.3. The molecule has 0 saturated carbocycles. The number of hydrogen-bond donors (Lipinski definition) is 0. The standard InChI is InChI=1S/C60H48N2/c1-59(2)53-23-15-14-22-47(53)48-29-26-44(36-54(48)59)61(43-20-12-7-13-21-43)45-27-30-49-50-31-28-46(38-56(50)60(3,4)55(49)37-45)62-57-32-24-41(39-16-8-5-9-17-39)34-51(57)52-35-42(25-33-58(52)62)40-18-10-6-11-19-40/h5-13,15-21,23-38H,14,22H2,1-4H3. The molecule has 2 nitrogen and oxygen atoms in total. The van der Waals surface area contributed by atoms with Crippen molar-refractivity contribution < 1.29 is 0 Å². The van der Waals surface area contributed by atoms with E-state index in [0.29, 0.717) is 0 Å². The van der Waals surface area contributed by atoms with Gasteiger partial charge in [0.1, 0.15) is 0 Å². The normalized spacial score (nSPS) is 15.4. The van der Waals surface area contributed by atoms with Gasteiger partial charge in [-0.3, -0.25) is 0 Å². The van der Waals surface area contributed by atoms with E-state index in [0.717, 1.165) is 18.5 Å². The molecule has 0 radical (unpaired) electrons. The van der Waals surface area contributed by atoms with Crippen molar-refractivity contribution in [2.75, 3.05) is 4.90 Å². The number of para-hydroxylation sites is 1. The minimum Gasteiger partial charge on any atom is -0.310 e. The van der Waals surface area contributed by atoms with Crippen LogP contribution in [0, 0.1) is 0 Å². The molecule has 0 bridgehead atoms. The maximum Gasteiger partial charge on any atom is 0.0541 e. The van der Waals surface area contributed by atoms with Crippen LogP contribution in [0.1, 0.15) is 62.8 Å². The van der Waals surface area contributed by atoms with Crippen LogP contribution in [0.5, 0.6) is 0 Å². The van der Waals surface area contributed by atoms with Gasteiger partial charge in [-0.1, -0.05) is 149 Å². The molecule has 2 heteroatoms. The number of hydrogen-bond acceptors (Lipinski definition) is 1. The summed E-state index contributed by atoms with van der Waals surface area (Å²) in [6.45, 7) is 9.61. The fourth-order valence-electron chi connectivity index (χ4n) is 11.1. The zero-order chi connectivity index (χ0) is 41.7. The first kappa shape index (κ1) is 36.7. The lowest BCUT2D eigenvalue weighted by Gasteiger charge is -2.30. The lowest BCUT2D eigenvalue weighted by molar-refractivity contribution is 0.651. The van der Waals surface area contributed by atoms with Gasteiger partial charge in [0.2, 0.25) is 0 Å². The SMILES string of the molecule is CC1(C)C2=C(CCC=C2)c2ccc(N(c3ccccc3)c3ccc4c(c3)C(C)(C)c3cc(-n5c6ccc(-c7ccccc7)cc6c6cc(-c7ccccc7)ccc65)ccc3-4)cc21. The highest BCUT2D eigenvalue weighted by Gasteiger charge is 2.39. The first-order chi connectivity index (χ1) is 30.3. The summed E-state index contributed by atoms with van der Waals surface area (Å²) in [5, 5.41) is 2.52. The molecule has 0 amide bonds. The van der Waals surface area contributed by atoms with Crippen molar-refractivity contribution in [2.24, 2.45) is 0 Å². The van der Waals surface area contributed by atoms with Gasteiger partial charge in [-0.2, -0.15) is 0 Å². The van der Waals surface area contributed by atoms with Gasteiger partial charge in [0.05, 0.1) is 11.0 Å². The smallest absolute Gasteiger partial charge is 0.0541 e. The lowest BCUT2D eigenvalue weighted by atomic mass is 9.80. The molecular formula is C60H48N2. The largest absolute Gasteiger partial charge is 0.310 e. The van der Waals surface area contributed by atoms with Crippen LogP contribution in [0.15, 0.2) is 200 Å². The Morgan fingerprint density at radius 3 is 1.55 bits per heavy atom. The Morgan fingerprint density at radius 1 is 0.435 bits per heavy atom. The summed E-state index contributed by atoms with van der Waals surface area (Å²) in [5.74, 6) is 0. The van der Waals surface area contributed by atoms with Crippen molar-refractivity contribution >= 4 is 44.4 Å². The molecule has 3 aliphatic rings. The molecular weight excluding hydrogens is 749 g/mol. The second-order valence-electron chi connectivity index (χ2n) is 18.5. The second-order valence-corrected chi connectivity index (χ2v) is 18.5. The fourth-order valence-corrected chi connectivity index (χ4v) is 11.1. The molecule has 1 heterocycles. The van der Waals surface area contributed by atoms with Crippen LogP contribution in [-0.2, 0) is 10.8 Å². The number of nitrogens with zero attached hydrogens (tertiary/aromatic N) is 2. The summed E-state index contributed by atoms with van der Waals surface area (Å²) < 4.78 is 2.48.